The first-order valence-electron chi connectivity index (χ1n) is 8.70. The predicted octanol–water partition coefficient (Wildman–Crippen LogP) is 3.71. The van der Waals surface area contributed by atoms with Gasteiger partial charge in [0, 0.05) is 23.7 Å². The van der Waals surface area contributed by atoms with Crippen molar-refractivity contribution in [1.29, 1.82) is 0 Å². The molecule has 0 radical (unpaired) electrons. The van der Waals surface area contributed by atoms with Crippen molar-refractivity contribution in [2.24, 2.45) is 4.99 Å². The van der Waals surface area contributed by atoms with Crippen LogP contribution in [0.3, 0.4) is 0 Å². The maximum absolute atomic E-state index is 12.6. The van der Waals surface area contributed by atoms with Crippen LogP contribution in [-0.2, 0) is 4.79 Å². The van der Waals surface area contributed by atoms with Crippen molar-refractivity contribution in [1.82, 2.24) is 0 Å². The molecule has 0 aliphatic carbocycles. The molecule has 27 heavy (non-hydrogen) atoms. The maximum atomic E-state index is 12.6. The van der Waals surface area contributed by atoms with Gasteiger partial charge in [-0.25, -0.2) is 0 Å². The van der Waals surface area contributed by atoms with E-state index in [0.29, 0.717) is 18.0 Å². The standard InChI is InChI=1S/C22H22N2O3/c1-5-7-15-8-10-16(11-9-15)22-17-12-19(26-3)20(27-4)13-18(17)24(6-2)21(25)14-23-22/h7-13H,1,6,14H2,2-4H3. The minimum Gasteiger partial charge on any atom is -0.493 e. The molecule has 0 aromatic heterocycles. The maximum Gasteiger partial charge on any atom is 0.248 e. The van der Waals surface area contributed by atoms with E-state index in [0.717, 1.165) is 28.1 Å². The lowest BCUT2D eigenvalue weighted by atomic mass is 9.98. The Labute approximate surface area is 159 Å². The van der Waals surface area contributed by atoms with Crippen molar-refractivity contribution in [2.75, 3.05) is 32.2 Å². The summed E-state index contributed by atoms with van der Waals surface area (Å²) in [5, 5.41) is 0. The van der Waals surface area contributed by atoms with Crippen molar-refractivity contribution in [3.05, 3.63) is 65.4 Å². The zero-order chi connectivity index (χ0) is 19.4. The molecule has 138 valence electrons. The third kappa shape index (κ3) is 3.50. The van der Waals surface area contributed by atoms with Crippen molar-refractivity contribution in [3.63, 3.8) is 0 Å². The number of aliphatic imine (C=N–C) groups is 1. The molecular weight excluding hydrogens is 340 g/mol. The molecule has 0 atom stereocenters. The molecule has 0 bridgehead atoms. The molecule has 0 saturated heterocycles. The summed E-state index contributed by atoms with van der Waals surface area (Å²) in [6.45, 7) is 6.19. The van der Waals surface area contributed by atoms with E-state index in [2.05, 4.69) is 17.3 Å². The third-order valence-corrected chi connectivity index (χ3v) is 4.49. The summed E-state index contributed by atoms with van der Waals surface area (Å²) < 4.78 is 10.9. The van der Waals surface area contributed by atoms with E-state index in [1.54, 1.807) is 19.1 Å². The highest BCUT2D eigenvalue weighted by Gasteiger charge is 2.26. The predicted molar refractivity (Wildman–Crippen MR) is 108 cm³/mol. The first-order valence-corrected chi connectivity index (χ1v) is 8.70. The van der Waals surface area contributed by atoms with Gasteiger partial charge in [0.05, 0.1) is 25.6 Å². The zero-order valence-corrected chi connectivity index (χ0v) is 15.8. The number of nitrogens with zero attached hydrogens (tertiary/aromatic N) is 2. The molecule has 0 N–H and O–H groups in total. The van der Waals surface area contributed by atoms with Crippen LogP contribution in [0.2, 0.25) is 0 Å². The highest BCUT2D eigenvalue weighted by atomic mass is 16.5. The Morgan fingerprint density at radius 3 is 2.44 bits per heavy atom. The number of amides is 1. The van der Waals surface area contributed by atoms with Gasteiger partial charge in [-0.3, -0.25) is 9.79 Å². The topological polar surface area (TPSA) is 51.1 Å². The van der Waals surface area contributed by atoms with E-state index in [1.165, 1.54) is 0 Å². The van der Waals surface area contributed by atoms with Crippen LogP contribution in [0, 0.1) is 0 Å². The summed E-state index contributed by atoms with van der Waals surface area (Å²) >= 11 is 0. The van der Waals surface area contributed by atoms with Crippen LogP contribution in [-0.4, -0.2) is 38.9 Å². The Hall–Kier alpha value is -3.30. The van der Waals surface area contributed by atoms with E-state index >= 15 is 0 Å². The Morgan fingerprint density at radius 1 is 1.19 bits per heavy atom. The summed E-state index contributed by atoms with van der Waals surface area (Å²) in [6, 6.07) is 11.6. The molecular formula is C22H22N2O3. The van der Waals surface area contributed by atoms with Gasteiger partial charge in [0.2, 0.25) is 5.91 Å². The number of likely N-dealkylation sites (N-methyl/N-ethyl adjacent to an activating group) is 1. The summed E-state index contributed by atoms with van der Waals surface area (Å²) in [7, 11) is 3.18. The highest BCUT2D eigenvalue weighted by Crippen LogP contribution is 2.37. The van der Waals surface area contributed by atoms with E-state index in [9.17, 15) is 4.79 Å². The molecule has 1 heterocycles. The molecule has 0 fully saturated rings. The van der Waals surface area contributed by atoms with E-state index in [1.807, 2.05) is 49.4 Å². The zero-order valence-electron chi connectivity index (χ0n) is 15.8. The lowest BCUT2D eigenvalue weighted by molar-refractivity contribution is -0.117. The largest absolute Gasteiger partial charge is 0.493 e. The van der Waals surface area contributed by atoms with E-state index in [-0.39, 0.29) is 12.5 Å². The number of benzene rings is 2. The second kappa shape index (κ2) is 7.94. The second-order valence-electron chi connectivity index (χ2n) is 6.00. The average molecular weight is 362 g/mol. The van der Waals surface area contributed by atoms with Crippen LogP contribution >= 0.6 is 0 Å². The normalized spacial score (nSPS) is 13.2. The summed E-state index contributed by atoms with van der Waals surface area (Å²) in [5.41, 5.74) is 7.06. The quantitative estimate of drug-likeness (QED) is 0.762. The molecule has 1 amide bonds. The fourth-order valence-electron chi connectivity index (χ4n) is 3.18. The third-order valence-electron chi connectivity index (χ3n) is 4.49. The molecule has 5 heteroatoms. The molecule has 0 unspecified atom stereocenters. The number of fused-ring (bicyclic) bond motifs is 1. The van der Waals surface area contributed by atoms with Gasteiger partial charge < -0.3 is 14.4 Å². The van der Waals surface area contributed by atoms with E-state index < -0.39 is 0 Å². The Balaban J connectivity index is 2.20. The Morgan fingerprint density at radius 2 is 1.85 bits per heavy atom. The van der Waals surface area contributed by atoms with Crippen molar-refractivity contribution >= 4 is 23.4 Å². The smallest absolute Gasteiger partial charge is 0.248 e. The molecule has 0 spiro atoms. The van der Waals surface area contributed by atoms with Gasteiger partial charge in [-0.15, -0.1) is 5.73 Å². The van der Waals surface area contributed by atoms with Crippen LogP contribution in [0.15, 0.2) is 53.7 Å². The SMILES string of the molecule is C=C=Cc1ccc(C2=NCC(=O)N(CC)c3cc(OC)c(OC)cc32)cc1. The Kier molecular flexibility index (Phi) is 5.43. The number of benzodiazepines with no additional fused rings is 1. The van der Waals surface area contributed by atoms with Gasteiger partial charge in [-0.2, -0.15) is 0 Å². The molecule has 1 aliphatic rings. The van der Waals surface area contributed by atoms with E-state index in [4.69, 9.17) is 9.47 Å². The molecule has 2 aromatic rings. The number of carbonyl (C=O) groups excluding carboxylic acids is 1. The van der Waals surface area contributed by atoms with Crippen LogP contribution in [0.1, 0.15) is 23.6 Å². The van der Waals surface area contributed by atoms with Gasteiger partial charge in [0.1, 0.15) is 6.54 Å². The van der Waals surface area contributed by atoms with Crippen LogP contribution in [0.4, 0.5) is 5.69 Å². The van der Waals surface area contributed by atoms with Crippen LogP contribution in [0.5, 0.6) is 11.5 Å². The number of rotatable bonds is 5. The van der Waals surface area contributed by atoms with Crippen molar-refractivity contribution in [3.8, 4) is 11.5 Å². The molecule has 1 aliphatic heterocycles. The Bertz CT molecular complexity index is 939. The number of hydrogen-bond donors (Lipinski definition) is 0. The summed E-state index contributed by atoms with van der Waals surface area (Å²) in [6.07, 6.45) is 1.81. The minimum absolute atomic E-state index is 0.0489. The first-order chi connectivity index (χ1) is 13.1. The van der Waals surface area contributed by atoms with Gasteiger partial charge in [0.15, 0.2) is 11.5 Å². The van der Waals surface area contributed by atoms with Crippen molar-refractivity contribution < 1.29 is 14.3 Å². The number of ether oxygens (including phenoxy) is 2. The fraction of sp³-hybridized carbons (Fsp3) is 0.227. The lowest BCUT2D eigenvalue weighted by Gasteiger charge is -2.23. The minimum atomic E-state index is -0.0489. The van der Waals surface area contributed by atoms with Crippen LogP contribution < -0.4 is 14.4 Å². The molecule has 0 saturated carbocycles. The highest BCUT2D eigenvalue weighted by molar-refractivity contribution is 6.20. The van der Waals surface area contributed by atoms with Crippen molar-refractivity contribution in [2.45, 2.75) is 6.92 Å². The van der Waals surface area contributed by atoms with Crippen LogP contribution in [0.25, 0.3) is 6.08 Å². The summed E-state index contributed by atoms with van der Waals surface area (Å²) in [4.78, 5) is 18.9. The lowest BCUT2D eigenvalue weighted by Crippen LogP contribution is -2.32. The monoisotopic (exact) mass is 362 g/mol. The van der Waals surface area contributed by atoms with Gasteiger partial charge in [-0.05, 0) is 24.6 Å². The van der Waals surface area contributed by atoms with Gasteiger partial charge in [-0.1, -0.05) is 30.8 Å². The number of hydrogen-bond acceptors (Lipinski definition) is 4. The second-order valence-corrected chi connectivity index (χ2v) is 6.00. The number of carbonyl (C=O) groups is 1. The van der Waals surface area contributed by atoms with Gasteiger partial charge in [0.25, 0.3) is 0 Å². The molecule has 3 rings (SSSR count). The average Bonchev–Trinajstić information content (AvgIpc) is 2.83. The number of methoxy groups -OCH3 is 2. The number of anilines is 1. The first kappa shape index (κ1) is 18.5. The molecule has 5 nitrogen and oxygen atoms in total. The fourth-order valence-corrected chi connectivity index (χ4v) is 3.18. The molecule has 2 aromatic carbocycles. The van der Waals surface area contributed by atoms with Gasteiger partial charge >= 0.3 is 0 Å². The summed E-state index contributed by atoms with van der Waals surface area (Å²) in [5.74, 6) is 1.13.